The molecule has 0 aliphatic heterocycles. The molecule has 0 bridgehead atoms. The van der Waals surface area contributed by atoms with Crippen molar-refractivity contribution < 1.29 is 4.42 Å². The first-order valence-corrected chi connectivity index (χ1v) is 8.96. The molecule has 0 spiro atoms. The SMILES string of the molecule is Cc1ccc(C[C@@H](C#N)Sc2nnc(-c3ccc(C)c(C)c3)o2)cc1. The molecule has 0 aliphatic carbocycles. The molecule has 2 aromatic carbocycles. The number of aromatic nitrogens is 2. The lowest BCUT2D eigenvalue weighted by atomic mass is 10.1. The van der Waals surface area contributed by atoms with Gasteiger partial charge in [-0.2, -0.15) is 5.26 Å². The van der Waals surface area contributed by atoms with E-state index in [9.17, 15) is 5.26 Å². The largest absolute Gasteiger partial charge is 0.411 e. The molecule has 0 unspecified atom stereocenters. The highest BCUT2D eigenvalue weighted by Gasteiger charge is 2.16. The molecule has 1 aromatic heterocycles. The van der Waals surface area contributed by atoms with Gasteiger partial charge in [-0.3, -0.25) is 0 Å². The maximum absolute atomic E-state index is 9.43. The predicted octanol–water partition coefficient (Wildman–Crippen LogP) is 4.89. The molecular formula is C20H19N3OS. The standard InChI is InChI=1S/C20H19N3OS/c1-13-4-7-16(8-5-13)11-18(12-21)25-20-23-22-19(24-20)17-9-6-14(2)15(3)10-17/h4-10,18H,11H2,1-3H3/t18-/m0/s1. The van der Waals surface area contributed by atoms with E-state index in [1.165, 1.54) is 28.5 Å². The van der Waals surface area contributed by atoms with Gasteiger partial charge in [-0.1, -0.05) is 35.9 Å². The first-order valence-electron chi connectivity index (χ1n) is 8.08. The number of aryl methyl sites for hydroxylation is 3. The van der Waals surface area contributed by atoms with Crippen LogP contribution in [0, 0.1) is 32.1 Å². The molecule has 25 heavy (non-hydrogen) atoms. The van der Waals surface area contributed by atoms with E-state index in [1.54, 1.807) is 0 Å². The highest BCUT2D eigenvalue weighted by Crippen LogP contribution is 2.28. The van der Waals surface area contributed by atoms with Crippen molar-refractivity contribution in [2.75, 3.05) is 0 Å². The third kappa shape index (κ3) is 4.28. The van der Waals surface area contributed by atoms with Gasteiger partial charge in [0, 0.05) is 5.56 Å². The molecule has 1 heterocycles. The molecular weight excluding hydrogens is 330 g/mol. The summed E-state index contributed by atoms with van der Waals surface area (Å²) in [5.41, 5.74) is 5.63. The van der Waals surface area contributed by atoms with Gasteiger partial charge in [0.05, 0.1) is 6.07 Å². The fourth-order valence-electron chi connectivity index (χ4n) is 2.42. The number of nitriles is 1. The van der Waals surface area contributed by atoms with Gasteiger partial charge in [0.15, 0.2) is 0 Å². The Morgan fingerprint density at radius 3 is 2.48 bits per heavy atom. The van der Waals surface area contributed by atoms with E-state index in [0.717, 1.165) is 11.1 Å². The molecule has 4 nitrogen and oxygen atoms in total. The molecule has 0 N–H and O–H groups in total. The Kier molecular flexibility index (Phi) is 5.20. The summed E-state index contributed by atoms with van der Waals surface area (Å²) in [4.78, 5) is 0. The number of thioether (sulfide) groups is 1. The van der Waals surface area contributed by atoms with Crippen LogP contribution >= 0.6 is 11.8 Å². The second kappa shape index (κ2) is 7.54. The number of hydrogen-bond acceptors (Lipinski definition) is 5. The minimum atomic E-state index is -0.268. The van der Waals surface area contributed by atoms with Crippen LogP contribution in [0.1, 0.15) is 22.3 Å². The van der Waals surface area contributed by atoms with E-state index < -0.39 is 0 Å². The molecule has 0 saturated heterocycles. The van der Waals surface area contributed by atoms with E-state index in [0.29, 0.717) is 17.5 Å². The number of rotatable bonds is 5. The summed E-state index contributed by atoms with van der Waals surface area (Å²) in [6.07, 6.45) is 0.642. The zero-order valence-electron chi connectivity index (χ0n) is 14.5. The minimum absolute atomic E-state index is 0.268. The first kappa shape index (κ1) is 17.2. The molecule has 3 aromatic rings. The Labute approximate surface area is 151 Å². The highest BCUT2D eigenvalue weighted by atomic mass is 32.2. The smallest absolute Gasteiger partial charge is 0.278 e. The lowest BCUT2D eigenvalue weighted by molar-refractivity contribution is 0.465. The third-order valence-electron chi connectivity index (χ3n) is 4.09. The van der Waals surface area contributed by atoms with E-state index in [1.807, 2.05) is 25.1 Å². The quantitative estimate of drug-likeness (QED) is 0.614. The minimum Gasteiger partial charge on any atom is -0.411 e. The van der Waals surface area contributed by atoms with Crippen molar-refractivity contribution >= 4 is 11.8 Å². The maximum Gasteiger partial charge on any atom is 0.278 e. The van der Waals surface area contributed by atoms with Crippen molar-refractivity contribution in [3.05, 3.63) is 64.7 Å². The summed E-state index contributed by atoms with van der Waals surface area (Å²) in [6.45, 7) is 6.17. The van der Waals surface area contributed by atoms with Crippen molar-refractivity contribution in [2.24, 2.45) is 0 Å². The van der Waals surface area contributed by atoms with Gasteiger partial charge < -0.3 is 4.42 Å². The van der Waals surface area contributed by atoms with Gasteiger partial charge in [-0.25, -0.2) is 0 Å². The number of nitrogens with zero attached hydrogens (tertiary/aromatic N) is 3. The van der Waals surface area contributed by atoms with Crippen LogP contribution in [0.4, 0.5) is 0 Å². The van der Waals surface area contributed by atoms with Gasteiger partial charge >= 0.3 is 0 Å². The van der Waals surface area contributed by atoms with Gasteiger partial charge in [0.1, 0.15) is 5.25 Å². The molecule has 0 aliphatic rings. The van der Waals surface area contributed by atoms with Gasteiger partial charge in [-0.05, 0) is 67.8 Å². The van der Waals surface area contributed by atoms with Crippen molar-refractivity contribution in [1.29, 1.82) is 5.26 Å². The second-order valence-corrected chi connectivity index (χ2v) is 7.25. The van der Waals surface area contributed by atoms with Crippen LogP contribution in [0.2, 0.25) is 0 Å². The Balaban J connectivity index is 1.72. The average molecular weight is 349 g/mol. The molecule has 3 rings (SSSR count). The highest BCUT2D eigenvalue weighted by molar-refractivity contribution is 7.99. The Hall–Kier alpha value is -2.58. The summed E-state index contributed by atoms with van der Waals surface area (Å²) in [5.74, 6) is 0.484. The van der Waals surface area contributed by atoms with Crippen LogP contribution in [-0.2, 0) is 6.42 Å². The van der Waals surface area contributed by atoms with Crippen LogP contribution in [0.3, 0.4) is 0 Å². The van der Waals surface area contributed by atoms with E-state index in [-0.39, 0.29) is 5.25 Å². The molecule has 0 saturated carbocycles. The first-order chi connectivity index (χ1) is 12.0. The average Bonchev–Trinajstić information content (AvgIpc) is 3.07. The summed E-state index contributed by atoms with van der Waals surface area (Å²) in [7, 11) is 0. The topological polar surface area (TPSA) is 62.7 Å². The summed E-state index contributed by atoms with van der Waals surface area (Å²) >= 11 is 1.31. The number of benzene rings is 2. The lowest BCUT2D eigenvalue weighted by Crippen LogP contribution is -2.03. The zero-order chi connectivity index (χ0) is 17.8. The normalized spacial score (nSPS) is 11.9. The molecule has 0 fully saturated rings. The van der Waals surface area contributed by atoms with Crippen molar-refractivity contribution in [1.82, 2.24) is 10.2 Å². The second-order valence-electron chi connectivity index (χ2n) is 6.10. The van der Waals surface area contributed by atoms with Crippen LogP contribution < -0.4 is 0 Å². The monoisotopic (exact) mass is 349 g/mol. The fourth-order valence-corrected chi connectivity index (χ4v) is 3.21. The molecule has 126 valence electrons. The molecule has 0 radical (unpaired) electrons. The van der Waals surface area contributed by atoms with Gasteiger partial charge in [0.25, 0.3) is 5.22 Å². The lowest BCUT2D eigenvalue weighted by Gasteiger charge is -2.06. The fraction of sp³-hybridized carbons (Fsp3) is 0.250. The van der Waals surface area contributed by atoms with E-state index in [2.05, 4.69) is 54.4 Å². The molecule has 5 heteroatoms. The Morgan fingerprint density at radius 1 is 1.04 bits per heavy atom. The Bertz CT molecular complexity index is 909. The van der Waals surface area contributed by atoms with Crippen LogP contribution in [0.5, 0.6) is 0 Å². The van der Waals surface area contributed by atoms with Crippen molar-refractivity contribution in [3.8, 4) is 17.5 Å². The predicted molar refractivity (Wildman–Crippen MR) is 99.3 cm³/mol. The van der Waals surface area contributed by atoms with E-state index in [4.69, 9.17) is 4.42 Å². The van der Waals surface area contributed by atoms with Crippen LogP contribution in [0.25, 0.3) is 11.5 Å². The molecule has 0 amide bonds. The summed E-state index contributed by atoms with van der Waals surface area (Å²) in [6, 6.07) is 16.6. The van der Waals surface area contributed by atoms with Gasteiger partial charge in [0.2, 0.25) is 5.89 Å². The van der Waals surface area contributed by atoms with Crippen molar-refractivity contribution in [3.63, 3.8) is 0 Å². The number of hydrogen-bond donors (Lipinski definition) is 0. The van der Waals surface area contributed by atoms with E-state index >= 15 is 0 Å². The van der Waals surface area contributed by atoms with Gasteiger partial charge in [-0.15, -0.1) is 10.2 Å². The van der Waals surface area contributed by atoms with Crippen LogP contribution in [0.15, 0.2) is 52.1 Å². The van der Waals surface area contributed by atoms with Crippen LogP contribution in [-0.4, -0.2) is 15.4 Å². The van der Waals surface area contributed by atoms with Crippen molar-refractivity contribution in [2.45, 2.75) is 37.7 Å². The third-order valence-corrected chi connectivity index (χ3v) is 5.01. The summed E-state index contributed by atoms with van der Waals surface area (Å²) in [5, 5.41) is 17.8. The Morgan fingerprint density at radius 2 is 1.80 bits per heavy atom. The zero-order valence-corrected chi connectivity index (χ0v) is 15.3. The summed E-state index contributed by atoms with van der Waals surface area (Å²) < 4.78 is 5.74. The molecule has 1 atom stereocenters. The maximum atomic E-state index is 9.43.